The second-order valence-corrected chi connectivity index (χ2v) is 5.77. The van der Waals surface area contributed by atoms with Gasteiger partial charge in [0.1, 0.15) is 23.1 Å². The van der Waals surface area contributed by atoms with E-state index >= 15 is 0 Å². The third kappa shape index (κ3) is 3.30. The monoisotopic (exact) mass is 260 g/mol. The van der Waals surface area contributed by atoms with Crippen molar-refractivity contribution in [2.45, 2.75) is 39.7 Å². The third-order valence-corrected chi connectivity index (χ3v) is 2.78. The fourth-order valence-corrected chi connectivity index (χ4v) is 1.74. The van der Waals surface area contributed by atoms with E-state index in [0.29, 0.717) is 6.54 Å². The maximum absolute atomic E-state index is 5.07. The average molecular weight is 260 g/mol. The van der Waals surface area contributed by atoms with Crippen LogP contribution in [0.3, 0.4) is 0 Å². The van der Waals surface area contributed by atoms with Crippen LogP contribution in [0.2, 0.25) is 0 Å². The molecule has 5 nitrogen and oxygen atoms in total. The van der Waals surface area contributed by atoms with E-state index in [-0.39, 0.29) is 5.41 Å². The predicted molar refractivity (Wildman–Crippen MR) is 74.1 cm³/mol. The standard InChI is InChI=1S/C14H20N4O/c1-10-8-11(17-19-10)9-18(5)12-6-7-15-13(16-12)14(2,3)4/h6-8H,9H2,1-5H3. The van der Waals surface area contributed by atoms with Gasteiger partial charge in [0.15, 0.2) is 0 Å². The van der Waals surface area contributed by atoms with E-state index < -0.39 is 0 Å². The lowest BCUT2D eigenvalue weighted by atomic mass is 9.96. The lowest BCUT2D eigenvalue weighted by Gasteiger charge is -2.21. The Kier molecular flexibility index (Phi) is 3.55. The molecule has 102 valence electrons. The first-order chi connectivity index (χ1) is 8.86. The lowest BCUT2D eigenvalue weighted by molar-refractivity contribution is 0.390. The Morgan fingerprint density at radius 1 is 1.32 bits per heavy atom. The van der Waals surface area contributed by atoms with E-state index in [9.17, 15) is 0 Å². The summed E-state index contributed by atoms with van der Waals surface area (Å²) in [6.07, 6.45) is 1.80. The number of nitrogens with zero attached hydrogens (tertiary/aromatic N) is 4. The number of aryl methyl sites for hydroxylation is 1. The van der Waals surface area contributed by atoms with Crippen molar-refractivity contribution in [3.05, 3.63) is 35.6 Å². The molecule has 0 spiro atoms. The van der Waals surface area contributed by atoms with E-state index in [1.54, 1.807) is 6.20 Å². The van der Waals surface area contributed by atoms with E-state index in [1.165, 1.54) is 0 Å². The molecule has 0 radical (unpaired) electrons. The topological polar surface area (TPSA) is 55.1 Å². The highest BCUT2D eigenvalue weighted by Gasteiger charge is 2.18. The van der Waals surface area contributed by atoms with Crippen LogP contribution in [0.15, 0.2) is 22.9 Å². The zero-order valence-electron chi connectivity index (χ0n) is 12.1. The summed E-state index contributed by atoms with van der Waals surface area (Å²) in [7, 11) is 1.98. The van der Waals surface area contributed by atoms with Gasteiger partial charge in [-0.25, -0.2) is 9.97 Å². The van der Waals surface area contributed by atoms with Crippen LogP contribution < -0.4 is 4.90 Å². The molecule has 2 rings (SSSR count). The summed E-state index contributed by atoms with van der Waals surface area (Å²) in [6, 6.07) is 3.84. The minimum Gasteiger partial charge on any atom is -0.361 e. The highest BCUT2D eigenvalue weighted by atomic mass is 16.5. The van der Waals surface area contributed by atoms with Gasteiger partial charge in [-0.3, -0.25) is 0 Å². The van der Waals surface area contributed by atoms with Crippen molar-refractivity contribution in [3.8, 4) is 0 Å². The molecular weight excluding hydrogens is 240 g/mol. The molecule has 0 atom stereocenters. The molecule has 5 heteroatoms. The van der Waals surface area contributed by atoms with Gasteiger partial charge in [-0.15, -0.1) is 0 Å². The summed E-state index contributed by atoms with van der Waals surface area (Å²) in [4.78, 5) is 11.0. The Hall–Kier alpha value is -1.91. The van der Waals surface area contributed by atoms with Gasteiger partial charge in [0.05, 0.1) is 6.54 Å². The first-order valence-electron chi connectivity index (χ1n) is 6.33. The Morgan fingerprint density at radius 3 is 2.63 bits per heavy atom. The maximum Gasteiger partial charge on any atom is 0.135 e. The van der Waals surface area contributed by atoms with E-state index in [0.717, 1.165) is 23.1 Å². The number of aromatic nitrogens is 3. The van der Waals surface area contributed by atoms with Gasteiger partial charge < -0.3 is 9.42 Å². The minimum absolute atomic E-state index is 0.0542. The first kappa shape index (κ1) is 13.5. The molecule has 0 bridgehead atoms. The average Bonchev–Trinajstić information content (AvgIpc) is 2.74. The summed E-state index contributed by atoms with van der Waals surface area (Å²) in [5.74, 6) is 2.55. The van der Waals surface area contributed by atoms with Crippen LogP contribution in [-0.2, 0) is 12.0 Å². The second-order valence-electron chi connectivity index (χ2n) is 5.77. The molecule has 0 fully saturated rings. The van der Waals surface area contributed by atoms with Crippen LogP contribution in [0, 0.1) is 6.92 Å². The molecule has 19 heavy (non-hydrogen) atoms. The van der Waals surface area contributed by atoms with Gasteiger partial charge in [-0.2, -0.15) is 0 Å². The summed E-state index contributed by atoms with van der Waals surface area (Å²) >= 11 is 0. The predicted octanol–water partition coefficient (Wildman–Crippen LogP) is 2.71. The van der Waals surface area contributed by atoms with Crippen LogP contribution in [0.25, 0.3) is 0 Å². The lowest BCUT2D eigenvalue weighted by Crippen LogP contribution is -2.22. The molecule has 0 aliphatic carbocycles. The molecule has 0 aliphatic rings. The van der Waals surface area contributed by atoms with Gasteiger partial charge in [-0.05, 0) is 13.0 Å². The fraction of sp³-hybridized carbons (Fsp3) is 0.500. The molecule has 0 aromatic carbocycles. The van der Waals surface area contributed by atoms with Crippen molar-refractivity contribution in [3.63, 3.8) is 0 Å². The summed E-state index contributed by atoms with van der Waals surface area (Å²) in [6.45, 7) is 8.87. The van der Waals surface area contributed by atoms with E-state index in [4.69, 9.17) is 4.52 Å². The SMILES string of the molecule is Cc1cc(CN(C)c2ccnc(C(C)(C)C)n2)no1. The van der Waals surface area contributed by atoms with Crippen molar-refractivity contribution in [1.29, 1.82) is 0 Å². The Morgan fingerprint density at radius 2 is 2.05 bits per heavy atom. The molecule has 2 aromatic heterocycles. The van der Waals surface area contributed by atoms with Crippen molar-refractivity contribution in [2.24, 2.45) is 0 Å². The second kappa shape index (κ2) is 4.99. The smallest absolute Gasteiger partial charge is 0.135 e. The van der Waals surface area contributed by atoms with Gasteiger partial charge in [0, 0.05) is 24.7 Å². The summed E-state index contributed by atoms with van der Waals surface area (Å²) in [5, 5.41) is 3.99. The number of hydrogen-bond donors (Lipinski definition) is 0. The summed E-state index contributed by atoms with van der Waals surface area (Å²) < 4.78 is 5.07. The van der Waals surface area contributed by atoms with E-state index in [1.807, 2.05) is 31.0 Å². The normalized spacial score (nSPS) is 11.6. The molecule has 0 aliphatic heterocycles. The highest BCUT2D eigenvalue weighted by molar-refractivity contribution is 5.37. The van der Waals surface area contributed by atoms with Crippen LogP contribution in [-0.4, -0.2) is 22.2 Å². The minimum atomic E-state index is -0.0542. The molecule has 0 saturated heterocycles. The van der Waals surface area contributed by atoms with Crippen LogP contribution in [0.5, 0.6) is 0 Å². The molecule has 0 amide bonds. The maximum atomic E-state index is 5.07. The molecule has 0 saturated carbocycles. The Labute approximate surface area is 113 Å². The summed E-state index contributed by atoms with van der Waals surface area (Å²) in [5.41, 5.74) is 0.845. The van der Waals surface area contributed by atoms with Crippen LogP contribution in [0.4, 0.5) is 5.82 Å². The van der Waals surface area contributed by atoms with Crippen LogP contribution >= 0.6 is 0 Å². The largest absolute Gasteiger partial charge is 0.361 e. The molecule has 0 unspecified atom stereocenters. The third-order valence-electron chi connectivity index (χ3n) is 2.78. The number of anilines is 1. The fourth-order valence-electron chi connectivity index (χ4n) is 1.74. The van der Waals surface area contributed by atoms with Crippen molar-refractivity contribution in [1.82, 2.24) is 15.1 Å². The number of hydrogen-bond acceptors (Lipinski definition) is 5. The van der Waals surface area contributed by atoms with Gasteiger partial charge in [0.25, 0.3) is 0 Å². The number of rotatable bonds is 3. The van der Waals surface area contributed by atoms with Gasteiger partial charge >= 0.3 is 0 Å². The van der Waals surface area contributed by atoms with Crippen molar-refractivity contribution >= 4 is 5.82 Å². The van der Waals surface area contributed by atoms with Crippen molar-refractivity contribution in [2.75, 3.05) is 11.9 Å². The van der Waals surface area contributed by atoms with Crippen molar-refractivity contribution < 1.29 is 4.52 Å². The molecule has 2 aromatic rings. The highest BCUT2D eigenvalue weighted by Crippen LogP contribution is 2.20. The van der Waals surface area contributed by atoms with Crippen LogP contribution in [0.1, 0.15) is 38.0 Å². The zero-order chi connectivity index (χ0) is 14.0. The van der Waals surface area contributed by atoms with E-state index in [2.05, 4.69) is 35.9 Å². The van der Waals surface area contributed by atoms with Gasteiger partial charge in [-0.1, -0.05) is 25.9 Å². The Balaban J connectivity index is 2.17. The molecule has 2 heterocycles. The molecule has 0 N–H and O–H groups in total. The van der Waals surface area contributed by atoms with Gasteiger partial charge in [0.2, 0.25) is 0 Å². The quantitative estimate of drug-likeness (QED) is 0.849. The zero-order valence-corrected chi connectivity index (χ0v) is 12.1. The first-order valence-corrected chi connectivity index (χ1v) is 6.33. The molecular formula is C14H20N4O. The Bertz CT molecular complexity index is 557.